The van der Waals surface area contributed by atoms with E-state index in [0.717, 1.165) is 38.4 Å². The molecule has 122 valence electrons. The molecule has 1 saturated heterocycles. The molecule has 6 nitrogen and oxygen atoms in total. The van der Waals surface area contributed by atoms with E-state index in [2.05, 4.69) is 14.5 Å². The maximum Gasteiger partial charge on any atom is 0.224 e. The number of fused-ring (bicyclic) bond motifs is 1. The van der Waals surface area contributed by atoms with Crippen molar-refractivity contribution in [1.29, 1.82) is 0 Å². The Kier molecular flexibility index (Phi) is 5.10. The molecule has 0 saturated carbocycles. The summed E-state index contributed by atoms with van der Waals surface area (Å²) in [6.07, 6.45) is 5.96. The lowest BCUT2D eigenvalue weighted by Gasteiger charge is -2.20. The van der Waals surface area contributed by atoms with Crippen LogP contribution in [0.25, 0.3) is 0 Å². The molecule has 1 amide bonds. The van der Waals surface area contributed by atoms with Crippen LogP contribution in [0.1, 0.15) is 30.8 Å². The second kappa shape index (κ2) is 7.24. The lowest BCUT2D eigenvalue weighted by Crippen LogP contribution is -2.34. The first-order valence-corrected chi connectivity index (χ1v) is 8.30. The van der Waals surface area contributed by atoms with Gasteiger partial charge in [-0.1, -0.05) is 0 Å². The quantitative estimate of drug-likeness (QED) is 0.811. The molecule has 1 aromatic heterocycles. The molecule has 0 radical (unpaired) electrons. The van der Waals surface area contributed by atoms with E-state index in [9.17, 15) is 4.79 Å². The third-order valence-corrected chi connectivity index (χ3v) is 4.68. The summed E-state index contributed by atoms with van der Waals surface area (Å²) >= 11 is 0. The highest BCUT2D eigenvalue weighted by Crippen LogP contribution is 2.17. The topological polar surface area (TPSA) is 50.6 Å². The Labute approximate surface area is 132 Å². The third-order valence-electron chi connectivity index (χ3n) is 4.68. The van der Waals surface area contributed by atoms with Crippen molar-refractivity contribution in [2.24, 2.45) is 0 Å². The molecule has 0 bridgehead atoms. The van der Waals surface area contributed by atoms with Crippen molar-refractivity contribution < 1.29 is 9.53 Å². The van der Waals surface area contributed by atoms with Gasteiger partial charge in [0.05, 0.1) is 18.7 Å². The number of likely N-dealkylation sites (tertiary alicyclic amines) is 1. The smallest absolute Gasteiger partial charge is 0.224 e. The average Bonchev–Trinajstić information content (AvgIpc) is 3.11. The van der Waals surface area contributed by atoms with E-state index in [4.69, 9.17) is 4.74 Å². The number of rotatable bonds is 5. The Bertz CT molecular complexity index is 508. The molecule has 0 aliphatic carbocycles. The van der Waals surface area contributed by atoms with Crippen LogP contribution in [0.5, 0.6) is 0 Å². The van der Waals surface area contributed by atoms with Crippen LogP contribution in [0.4, 0.5) is 0 Å². The van der Waals surface area contributed by atoms with E-state index in [1.807, 2.05) is 11.1 Å². The SMILES string of the molecule is COCCC(=O)N1CCc2ncc(CN3CCCC3)n2CC1. The van der Waals surface area contributed by atoms with Crippen LogP contribution < -0.4 is 0 Å². The molecular weight excluding hydrogens is 280 g/mol. The van der Waals surface area contributed by atoms with Crippen molar-refractivity contribution in [1.82, 2.24) is 19.4 Å². The first-order chi connectivity index (χ1) is 10.8. The second-order valence-electron chi connectivity index (χ2n) is 6.17. The highest BCUT2D eigenvalue weighted by Gasteiger charge is 2.22. The van der Waals surface area contributed by atoms with Gasteiger partial charge in [-0.3, -0.25) is 9.69 Å². The molecule has 2 aliphatic heterocycles. The molecule has 0 unspecified atom stereocenters. The molecule has 3 rings (SSSR count). The van der Waals surface area contributed by atoms with Crippen LogP contribution in [-0.2, 0) is 29.0 Å². The van der Waals surface area contributed by atoms with E-state index in [-0.39, 0.29) is 5.91 Å². The van der Waals surface area contributed by atoms with Crippen LogP contribution in [0.15, 0.2) is 6.20 Å². The summed E-state index contributed by atoms with van der Waals surface area (Å²) in [5.41, 5.74) is 1.29. The number of imidazole rings is 1. The number of amides is 1. The number of carbonyl (C=O) groups is 1. The van der Waals surface area contributed by atoms with Gasteiger partial charge in [-0.25, -0.2) is 4.98 Å². The summed E-state index contributed by atoms with van der Waals surface area (Å²) in [5, 5.41) is 0. The average molecular weight is 306 g/mol. The Balaban J connectivity index is 1.61. The van der Waals surface area contributed by atoms with Gasteiger partial charge in [0.15, 0.2) is 0 Å². The molecule has 0 spiro atoms. The van der Waals surface area contributed by atoms with Gasteiger partial charge in [0, 0.05) is 45.9 Å². The zero-order valence-corrected chi connectivity index (χ0v) is 13.5. The van der Waals surface area contributed by atoms with Crippen molar-refractivity contribution in [3.05, 3.63) is 17.7 Å². The van der Waals surface area contributed by atoms with E-state index < -0.39 is 0 Å². The van der Waals surface area contributed by atoms with Crippen molar-refractivity contribution in [2.75, 3.05) is 39.9 Å². The Morgan fingerprint density at radius 2 is 2.05 bits per heavy atom. The lowest BCUT2D eigenvalue weighted by atomic mass is 10.3. The standard InChI is InChI=1S/C16H26N4O2/c1-22-11-5-16(21)19-8-4-15-17-12-14(20(15)10-9-19)13-18-6-2-3-7-18/h12H,2-11,13H2,1H3. The number of ether oxygens (including phenoxy) is 1. The molecule has 6 heteroatoms. The van der Waals surface area contributed by atoms with Crippen LogP contribution in [0, 0.1) is 0 Å². The minimum atomic E-state index is 0.189. The summed E-state index contributed by atoms with van der Waals surface area (Å²) in [6.45, 7) is 6.29. The third kappa shape index (κ3) is 3.50. The minimum Gasteiger partial charge on any atom is -0.384 e. The predicted octanol–water partition coefficient (Wildman–Crippen LogP) is 0.900. The normalized spacial score (nSPS) is 19.2. The van der Waals surface area contributed by atoms with Crippen molar-refractivity contribution in [3.8, 4) is 0 Å². The summed E-state index contributed by atoms with van der Waals surface area (Å²) in [7, 11) is 1.63. The zero-order chi connectivity index (χ0) is 15.4. The summed E-state index contributed by atoms with van der Waals surface area (Å²) in [4.78, 5) is 21.2. The van der Waals surface area contributed by atoms with E-state index >= 15 is 0 Å². The Morgan fingerprint density at radius 1 is 1.23 bits per heavy atom. The maximum atomic E-state index is 12.2. The number of hydrogen-bond donors (Lipinski definition) is 0. The van der Waals surface area contributed by atoms with Crippen molar-refractivity contribution in [2.45, 2.75) is 38.8 Å². The fourth-order valence-corrected chi connectivity index (χ4v) is 3.39. The highest BCUT2D eigenvalue weighted by molar-refractivity contribution is 5.76. The minimum absolute atomic E-state index is 0.189. The molecule has 1 aromatic rings. The lowest BCUT2D eigenvalue weighted by molar-refractivity contribution is -0.132. The molecule has 3 heterocycles. The van der Waals surface area contributed by atoms with Gasteiger partial charge in [0.2, 0.25) is 5.91 Å². The van der Waals surface area contributed by atoms with Gasteiger partial charge in [-0.2, -0.15) is 0 Å². The molecular formula is C16H26N4O2. The van der Waals surface area contributed by atoms with E-state index in [1.165, 1.54) is 31.6 Å². The molecule has 0 atom stereocenters. The molecule has 2 aliphatic rings. The zero-order valence-electron chi connectivity index (χ0n) is 13.5. The van der Waals surface area contributed by atoms with Crippen molar-refractivity contribution >= 4 is 5.91 Å². The second-order valence-corrected chi connectivity index (χ2v) is 6.17. The highest BCUT2D eigenvalue weighted by atomic mass is 16.5. The Hall–Kier alpha value is -1.40. The van der Waals surface area contributed by atoms with Gasteiger partial charge in [0.25, 0.3) is 0 Å². The van der Waals surface area contributed by atoms with Crippen molar-refractivity contribution in [3.63, 3.8) is 0 Å². The van der Waals surface area contributed by atoms with Gasteiger partial charge < -0.3 is 14.2 Å². The molecule has 0 N–H and O–H groups in total. The molecule has 22 heavy (non-hydrogen) atoms. The van der Waals surface area contributed by atoms with Gasteiger partial charge in [0.1, 0.15) is 5.82 Å². The van der Waals surface area contributed by atoms with Crippen LogP contribution in [-0.4, -0.2) is 65.2 Å². The predicted molar refractivity (Wildman–Crippen MR) is 83.5 cm³/mol. The number of nitrogens with zero attached hydrogens (tertiary/aromatic N) is 4. The van der Waals surface area contributed by atoms with Gasteiger partial charge in [-0.05, 0) is 25.9 Å². The van der Waals surface area contributed by atoms with Crippen LogP contribution in [0.2, 0.25) is 0 Å². The van der Waals surface area contributed by atoms with Crippen LogP contribution in [0.3, 0.4) is 0 Å². The number of methoxy groups -OCH3 is 1. The van der Waals surface area contributed by atoms with Gasteiger partial charge in [-0.15, -0.1) is 0 Å². The Morgan fingerprint density at radius 3 is 2.82 bits per heavy atom. The number of carbonyl (C=O) groups excluding carboxylic acids is 1. The fraction of sp³-hybridized carbons (Fsp3) is 0.750. The summed E-state index contributed by atoms with van der Waals surface area (Å²) in [6, 6.07) is 0. The van der Waals surface area contributed by atoms with E-state index in [1.54, 1.807) is 7.11 Å². The summed E-state index contributed by atoms with van der Waals surface area (Å²) < 4.78 is 7.33. The number of hydrogen-bond acceptors (Lipinski definition) is 4. The molecule has 1 fully saturated rings. The number of aromatic nitrogens is 2. The van der Waals surface area contributed by atoms with Crippen LogP contribution >= 0.6 is 0 Å². The maximum absolute atomic E-state index is 12.2. The first kappa shape index (κ1) is 15.5. The van der Waals surface area contributed by atoms with Gasteiger partial charge >= 0.3 is 0 Å². The summed E-state index contributed by atoms with van der Waals surface area (Å²) in [5.74, 6) is 1.31. The first-order valence-electron chi connectivity index (χ1n) is 8.30. The fourth-order valence-electron chi connectivity index (χ4n) is 3.39. The van der Waals surface area contributed by atoms with E-state index in [0.29, 0.717) is 13.0 Å². The largest absolute Gasteiger partial charge is 0.384 e. The molecule has 0 aromatic carbocycles. The monoisotopic (exact) mass is 306 g/mol.